The normalized spacial score (nSPS) is 24.2. The summed E-state index contributed by atoms with van der Waals surface area (Å²) in [5.41, 5.74) is 1.18. The number of ether oxygens (including phenoxy) is 2. The van der Waals surface area contributed by atoms with Crippen molar-refractivity contribution in [1.29, 1.82) is 0 Å². The van der Waals surface area contributed by atoms with E-state index >= 15 is 0 Å². The molecule has 0 bridgehead atoms. The van der Waals surface area contributed by atoms with Gasteiger partial charge in [-0.3, -0.25) is 4.90 Å². The van der Waals surface area contributed by atoms with Crippen LogP contribution in [0.1, 0.15) is 19.4 Å². The summed E-state index contributed by atoms with van der Waals surface area (Å²) in [5.74, 6) is 1.65. The van der Waals surface area contributed by atoms with E-state index in [9.17, 15) is 0 Å². The fourth-order valence-corrected chi connectivity index (χ4v) is 2.65. The molecule has 19 heavy (non-hydrogen) atoms. The van der Waals surface area contributed by atoms with Crippen LogP contribution in [0.25, 0.3) is 0 Å². The maximum absolute atomic E-state index is 5.50. The highest BCUT2D eigenvalue weighted by atomic mass is 16.5. The number of hydrogen-bond donors (Lipinski definition) is 1. The molecule has 0 aromatic heterocycles. The van der Waals surface area contributed by atoms with Crippen LogP contribution in [0, 0.1) is 0 Å². The summed E-state index contributed by atoms with van der Waals surface area (Å²) in [4.78, 5) is 2.48. The van der Waals surface area contributed by atoms with E-state index in [-0.39, 0.29) is 0 Å². The molecule has 1 heterocycles. The quantitative estimate of drug-likeness (QED) is 0.900. The second-order valence-corrected chi connectivity index (χ2v) is 5.11. The maximum Gasteiger partial charge on any atom is 0.165 e. The summed E-state index contributed by atoms with van der Waals surface area (Å²) in [6.45, 7) is 7.50. The third-order valence-electron chi connectivity index (χ3n) is 4.02. The highest BCUT2D eigenvalue weighted by Gasteiger charge is 2.25. The van der Waals surface area contributed by atoms with E-state index in [4.69, 9.17) is 9.47 Å². The first-order valence-electron chi connectivity index (χ1n) is 6.84. The molecule has 0 amide bonds. The van der Waals surface area contributed by atoms with Gasteiger partial charge >= 0.3 is 0 Å². The van der Waals surface area contributed by atoms with Gasteiger partial charge in [-0.1, -0.05) is 12.1 Å². The van der Waals surface area contributed by atoms with Crippen LogP contribution in [-0.4, -0.2) is 44.3 Å². The van der Waals surface area contributed by atoms with Gasteiger partial charge in [0.25, 0.3) is 0 Å². The lowest BCUT2D eigenvalue weighted by Gasteiger charge is -2.38. The van der Waals surface area contributed by atoms with Gasteiger partial charge in [0.15, 0.2) is 11.5 Å². The van der Waals surface area contributed by atoms with Crippen molar-refractivity contribution < 1.29 is 9.47 Å². The summed E-state index contributed by atoms with van der Waals surface area (Å²) in [7, 11) is 3.38. The molecule has 0 spiro atoms. The molecule has 1 N–H and O–H groups in total. The van der Waals surface area contributed by atoms with Crippen molar-refractivity contribution in [2.75, 3.05) is 27.3 Å². The van der Waals surface area contributed by atoms with Gasteiger partial charge in [-0.25, -0.2) is 0 Å². The number of rotatable bonds is 4. The van der Waals surface area contributed by atoms with Crippen LogP contribution in [-0.2, 0) is 6.54 Å². The first kappa shape index (κ1) is 14.2. The Hall–Kier alpha value is -1.26. The van der Waals surface area contributed by atoms with Crippen LogP contribution in [0.3, 0.4) is 0 Å². The zero-order chi connectivity index (χ0) is 13.8. The molecule has 0 saturated carbocycles. The van der Waals surface area contributed by atoms with Crippen LogP contribution >= 0.6 is 0 Å². The average molecular weight is 264 g/mol. The van der Waals surface area contributed by atoms with Crippen molar-refractivity contribution in [3.05, 3.63) is 23.8 Å². The van der Waals surface area contributed by atoms with Crippen LogP contribution in [0.15, 0.2) is 18.2 Å². The van der Waals surface area contributed by atoms with Crippen molar-refractivity contribution in [2.24, 2.45) is 0 Å². The number of nitrogens with one attached hydrogen (secondary N) is 1. The second-order valence-electron chi connectivity index (χ2n) is 5.11. The van der Waals surface area contributed by atoms with E-state index in [1.165, 1.54) is 5.56 Å². The molecule has 1 aromatic rings. The largest absolute Gasteiger partial charge is 0.493 e. The molecule has 4 heteroatoms. The molecule has 1 fully saturated rings. The molecule has 1 aliphatic heterocycles. The van der Waals surface area contributed by atoms with Crippen molar-refractivity contribution in [2.45, 2.75) is 32.5 Å². The molecule has 2 rings (SSSR count). The molecule has 0 radical (unpaired) electrons. The molecule has 2 atom stereocenters. The number of piperazine rings is 1. The monoisotopic (exact) mass is 264 g/mol. The zero-order valence-electron chi connectivity index (χ0n) is 12.3. The fraction of sp³-hybridized carbons (Fsp3) is 0.600. The topological polar surface area (TPSA) is 33.7 Å². The molecule has 1 aromatic carbocycles. The fourth-order valence-electron chi connectivity index (χ4n) is 2.65. The van der Waals surface area contributed by atoms with Gasteiger partial charge in [0.2, 0.25) is 0 Å². The number of para-hydroxylation sites is 1. The van der Waals surface area contributed by atoms with Crippen molar-refractivity contribution in [3.63, 3.8) is 0 Å². The summed E-state index contributed by atoms with van der Waals surface area (Å²) < 4.78 is 10.9. The lowest BCUT2D eigenvalue weighted by Crippen LogP contribution is -2.54. The Morgan fingerprint density at radius 2 is 2.05 bits per heavy atom. The Labute approximate surface area is 115 Å². The standard InChI is InChI=1S/C15H24N2O2/c1-11-12(2)17(9-8-16-11)10-13-6-5-7-14(18-3)15(13)19-4/h5-7,11-12,16H,8-10H2,1-4H3. The van der Waals surface area contributed by atoms with E-state index < -0.39 is 0 Å². The summed E-state index contributed by atoms with van der Waals surface area (Å²) in [5, 5.41) is 3.50. The Kier molecular flexibility index (Phi) is 4.66. The van der Waals surface area contributed by atoms with Crippen LogP contribution < -0.4 is 14.8 Å². The predicted octanol–water partition coefficient (Wildman–Crippen LogP) is 1.89. The predicted molar refractivity (Wildman–Crippen MR) is 76.9 cm³/mol. The first-order chi connectivity index (χ1) is 9.17. The lowest BCUT2D eigenvalue weighted by atomic mass is 10.1. The molecule has 0 aliphatic carbocycles. The smallest absolute Gasteiger partial charge is 0.165 e. The Morgan fingerprint density at radius 3 is 2.74 bits per heavy atom. The molecule has 2 unspecified atom stereocenters. The Morgan fingerprint density at radius 1 is 1.26 bits per heavy atom. The third-order valence-corrected chi connectivity index (χ3v) is 4.02. The molecule has 1 saturated heterocycles. The van der Waals surface area contributed by atoms with Gasteiger partial charge in [-0.05, 0) is 19.9 Å². The van der Waals surface area contributed by atoms with E-state index in [0.717, 1.165) is 31.1 Å². The molecular formula is C15H24N2O2. The molecular weight excluding hydrogens is 240 g/mol. The minimum atomic E-state index is 0.518. The number of nitrogens with zero attached hydrogens (tertiary/aromatic N) is 1. The average Bonchev–Trinajstić information content (AvgIpc) is 2.43. The van der Waals surface area contributed by atoms with Crippen molar-refractivity contribution in [3.8, 4) is 11.5 Å². The van der Waals surface area contributed by atoms with Crippen LogP contribution in [0.4, 0.5) is 0 Å². The lowest BCUT2D eigenvalue weighted by molar-refractivity contribution is 0.129. The van der Waals surface area contributed by atoms with Gasteiger partial charge in [0.05, 0.1) is 14.2 Å². The molecule has 4 nitrogen and oxygen atoms in total. The number of benzene rings is 1. The molecule has 1 aliphatic rings. The van der Waals surface area contributed by atoms with E-state index in [1.54, 1.807) is 14.2 Å². The minimum Gasteiger partial charge on any atom is -0.493 e. The summed E-state index contributed by atoms with van der Waals surface area (Å²) in [6.07, 6.45) is 0. The number of methoxy groups -OCH3 is 2. The maximum atomic E-state index is 5.50. The SMILES string of the molecule is COc1cccc(CN2CCNC(C)C2C)c1OC. The Bertz CT molecular complexity index is 423. The summed E-state index contributed by atoms with van der Waals surface area (Å²) in [6, 6.07) is 7.11. The minimum absolute atomic E-state index is 0.518. The number of hydrogen-bond acceptors (Lipinski definition) is 4. The van der Waals surface area contributed by atoms with E-state index in [1.807, 2.05) is 12.1 Å². The van der Waals surface area contributed by atoms with Gasteiger partial charge in [-0.15, -0.1) is 0 Å². The second kappa shape index (κ2) is 6.26. The highest BCUT2D eigenvalue weighted by molar-refractivity contribution is 5.46. The highest BCUT2D eigenvalue weighted by Crippen LogP contribution is 2.32. The van der Waals surface area contributed by atoms with Gasteiger partial charge < -0.3 is 14.8 Å². The van der Waals surface area contributed by atoms with Crippen molar-refractivity contribution >= 4 is 0 Å². The van der Waals surface area contributed by atoms with Crippen molar-refractivity contribution in [1.82, 2.24) is 10.2 Å². The van der Waals surface area contributed by atoms with Gasteiger partial charge in [-0.2, -0.15) is 0 Å². The van der Waals surface area contributed by atoms with E-state index in [0.29, 0.717) is 12.1 Å². The third kappa shape index (κ3) is 3.01. The Balaban J connectivity index is 2.18. The first-order valence-corrected chi connectivity index (χ1v) is 6.84. The van der Waals surface area contributed by atoms with Gasteiger partial charge in [0.1, 0.15) is 0 Å². The van der Waals surface area contributed by atoms with Crippen LogP contribution in [0.2, 0.25) is 0 Å². The zero-order valence-corrected chi connectivity index (χ0v) is 12.3. The summed E-state index contributed by atoms with van der Waals surface area (Å²) >= 11 is 0. The van der Waals surface area contributed by atoms with Crippen LogP contribution in [0.5, 0.6) is 11.5 Å². The van der Waals surface area contributed by atoms with Gasteiger partial charge in [0, 0.05) is 37.3 Å². The molecule has 106 valence electrons. The van der Waals surface area contributed by atoms with E-state index in [2.05, 4.69) is 30.1 Å².